The number of anilines is 3. The third-order valence-electron chi connectivity index (χ3n) is 20.8. The Labute approximate surface area is 744 Å². The number of Topliss-reactive ketones (excluding diaryl/α,β-unsaturated/α-hetero) is 2. The summed E-state index contributed by atoms with van der Waals surface area (Å²) in [6.45, 7) is 18.2. The van der Waals surface area contributed by atoms with Crippen LogP contribution in [0, 0.1) is 12.8 Å². The maximum absolute atomic E-state index is 14.4. The molecule has 2 aromatic heterocycles. The van der Waals surface area contributed by atoms with Crippen molar-refractivity contribution in [1.82, 2.24) is 55.5 Å². The molecule has 4 saturated heterocycles. The van der Waals surface area contributed by atoms with Gasteiger partial charge in [-0.15, -0.1) is 11.8 Å². The van der Waals surface area contributed by atoms with Gasteiger partial charge >= 0.3 is 18.0 Å². The number of hydrogen-bond donors (Lipinski definition) is 9. The van der Waals surface area contributed by atoms with Gasteiger partial charge in [-0.05, 0) is 88.4 Å². The fraction of sp³-hybridized carbons (Fsp3) is 0.518. The molecule has 0 bridgehead atoms. The quantitative estimate of drug-likeness (QED) is 0.00722. The predicted octanol–water partition coefficient (Wildman–Crippen LogP) is 5.87. The molecule has 5 aliphatic rings. The molecule has 42 heteroatoms. The van der Waals surface area contributed by atoms with Gasteiger partial charge in [-0.25, -0.2) is 19.6 Å². The van der Waals surface area contributed by atoms with Gasteiger partial charge in [0.05, 0.1) is 143 Å². The fourth-order valence-corrected chi connectivity index (χ4v) is 17.7. The highest BCUT2D eigenvalue weighted by molar-refractivity contribution is 8.77. The number of ketones is 2. The normalized spacial score (nSPS) is 17.2. The number of likely N-dealkylation sites (tertiary alicyclic amines) is 2. The molecule has 5 aliphatic heterocycles. The van der Waals surface area contributed by atoms with Gasteiger partial charge in [0, 0.05) is 137 Å². The van der Waals surface area contributed by atoms with E-state index in [4.69, 9.17) is 54.1 Å². The Morgan fingerprint density at radius 2 is 1.44 bits per heavy atom. The van der Waals surface area contributed by atoms with Crippen LogP contribution in [-0.2, 0) is 73.3 Å². The first-order chi connectivity index (χ1) is 60.9. The highest BCUT2D eigenvalue weighted by Gasteiger charge is 2.46. The number of nitrogens with zero attached hydrogens (tertiary/aromatic N) is 8. The van der Waals surface area contributed by atoms with Gasteiger partial charge in [-0.3, -0.25) is 72.5 Å². The smallest absolute Gasteiger partial charge is 0.412 e. The van der Waals surface area contributed by atoms with E-state index in [-0.39, 0.29) is 239 Å². The third kappa shape index (κ3) is 29.1. The Bertz CT molecular complexity index is 4920. The maximum Gasteiger partial charge on any atom is 0.412 e. The molecule has 11 N–H and O–H groups in total. The van der Waals surface area contributed by atoms with Crippen LogP contribution < -0.4 is 52.5 Å². The monoisotopic (exact) mass is 1820 g/mol. The minimum atomic E-state index is -1.49. The van der Waals surface area contributed by atoms with Crippen molar-refractivity contribution in [2.45, 2.75) is 139 Å². The lowest BCUT2D eigenvalue weighted by Crippen LogP contribution is -2.51. The van der Waals surface area contributed by atoms with Crippen LogP contribution in [0.4, 0.5) is 27.8 Å². The van der Waals surface area contributed by atoms with Crippen molar-refractivity contribution < 1.29 is 110 Å². The van der Waals surface area contributed by atoms with Gasteiger partial charge in [-0.1, -0.05) is 45.9 Å². The number of amides is 8. The number of nitrogen functional groups attached to an aromatic ring is 2. The summed E-state index contributed by atoms with van der Waals surface area (Å²) >= 11 is 0.908. The summed E-state index contributed by atoms with van der Waals surface area (Å²) in [5.41, 5.74) is 16.6. The van der Waals surface area contributed by atoms with Gasteiger partial charge < -0.3 is 95.4 Å². The van der Waals surface area contributed by atoms with Crippen molar-refractivity contribution in [3.63, 3.8) is 0 Å². The zero-order valence-electron chi connectivity index (χ0n) is 71.3. The number of ether oxygens (including phenoxy) is 9. The van der Waals surface area contributed by atoms with Gasteiger partial charge in [0.25, 0.3) is 23.3 Å². The number of H-pyrrole nitrogens is 1. The SMILES string of the molecule is C=C1C[C@H]2C=Nc3cc(OCCCOc4cc(N)c(C(=O)N5CC(=C)C[C@H]5C5OCCN5C(=O)OCC(C)(C)SSCCC(=O)NCCNC(=O)CCOCCOCCOCCOCCCC(=O)CCN5C(=O)CC(SC[C@H](CC(=O)CC[C@H](NC(=O)c6ccc(NCc7cnc8nc(N)[nH]c(=O)c8n7)cc6)C(=O)O)C(=O)O)C5=O)cc4C)c(OC)cc3C(=O)N2C1. The first-order valence-electron chi connectivity index (χ1n) is 41.6. The number of aromatic nitrogens is 4. The molecule has 2 unspecified atom stereocenters. The Hall–Kier alpha value is -11.3. The number of nitrogens with two attached hydrogens (primary N) is 2. The predicted molar refractivity (Wildman–Crippen MR) is 471 cm³/mol. The Balaban J connectivity index is 0.493. The van der Waals surface area contributed by atoms with Crippen LogP contribution in [0.2, 0.25) is 0 Å². The minimum absolute atomic E-state index is 0.00166. The summed E-state index contributed by atoms with van der Waals surface area (Å²) in [4.78, 5) is 193. The lowest BCUT2D eigenvalue weighted by molar-refractivity contribution is -0.143. The molecule has 0 saturated carbocycles. The average molecular weight is 1820 g/mol. The number of aliphatic carboxylic acids is 2. The molecule has 6 atom stereocenters. The number of aromatic amines is 1. The van der Waals surface area contributed by atoms with Gasteiger partial charge in [0.2, 0.25) is 29.6 Å². The summed E-state index contributed by atoms with van der Waals surface area (Å²) in [7, 11) is 4.46. The molecule has 127 heavy (non-hydrogen) atoms. The van der Waals surface area contributed by atoms with Crippen LogP contribution >= 0.6 is 33.3 Å². The topological polar surface area (TPSA) is 525 Å². The molecule has 8 amide bonds. The molecule has 3 aromatic carbocycles. The lowest BCUT2D eigenvalue weighted by atomic mass is 10.00. The molecule has 39 nitrogen and oxygen atoms in total. The van der Waals surface area contributed by atoms with Crippen molar-refractivity contribution in [1.29, 1.82) is 0 Å². The number of benzene rings is 3. The Morgan fingerprint density at radius 1 is 0.748 bits per heavy atom. The number of carboxylic acid groups (broad SMARTS) is 2. The van der Waals surface area contributed by atoms with Crippen molar-refractivity contribution in [2.24, 2.45) is 10.9 Å². The molecule has 686 valence electrons. The highest BCUT2D eigenvalue weighted by Crippen LogP contribution is 2.41. The van der Waals surface area contributed by atoms with Crippen molar-refractivity contribution in [2.75, 3.05) is 154 Å². The van der Waals surface area contributed by atoms with Crippen LogP contribution in [0.1, 0.15) is 133 Å². The van der Waals surface area contributed by atoms with Crippen LogP contribution in [0.5, 0.6) is 17.2 Å². The number of carbonyl (C=O) groups excluding carboxylic acids is 10. The number of aliphatic imine (C=N–C) groups is 1. The van der Waals surface area contributed by atoms with E-state index in [1.165, 1.54) is 51.9 Å². The molecule has 0 spiro atoms. The van der Waals surface area contributed by atoms with Crippen molar-refractivity contribution >= 4 is 145 Å². The summed E-state index contributed by atoms with van der Waals surface area (Å²) in [5.74, 6) is -6.03. The second-order valence-corrected chi connectivity index (χ2v) is 35.5. The summed E-state index contributed by atoms with van der Waals surface area (Å²) < 4.78 is 51.4. The van der Waals surface area contributed by atoms with E-state index < -0.39 is 87.7 Å². The first kappa shape index (κ1) is 97.9. The van der Waals surface area contributed by atoms with E-state index in [2.05, 4.69) is 59.4 Å². The summed E-state index contributed by atoms with van der Waals surface area (Å²) in [6, 6.07) is 10.5. The average Bonchev–Trinajstić information content (AvgIpc) is 1.66. The summed E-state index contributed by atoms with van der Waals surface area (Å²) in [5, 5.41) is 29.9. The molecule has 0 aliphatic carbocycles. The van der Waals surface area contributed by atoms with Crippen LogP contribution in [0.3, 0.4) is 0 Å². The molecule has 0 radical (unpaired) electrons. The van der Waals surface area contributed by atoms with Crippen molar-refractivity contribution in [3.05, 3.63) is 117 Å². The molecule has 10 rings (SSSR count). The first-order valence-corrected chi connectivity index (χ1v) is 45.0. The fourth-order valence-electron chi connectivity index (χ4n) is 14.1. The summed E-state index contributed by atoms with van der Waals surface area (Å²) in [6.07, 6.45) is 2.70. The number of carbonyl (C=O) groups is 12. The molecular formula is C85H109N15O24S3. The number of thioether (sulfide) groups is 1. The van der Waals surface area contributed by atoms with E-state index in [1.807, 2.05) is 20.8 Å². The molecule has 5 aromatic rings. The zero-order valence-corrected chi connectivity index (χ0v) is 73.8. The van der Waals surface area contributed by atoms with Crippen LogP contribution in [0.25, 0.3) is 11.2 Å². The van der Waals surface area contributed by atoms with Gasteiger partial charge in [0.15, 0.2) is 28.9 Å². The second kappa shape index (κ2) is 48.0. The van der Waals surface area contributed by atoms with Crippen molar-refractivity contribution in [3.8, 4) is 17.2 Å². The van der Waals surface area contributed by atoms with E-state index in [0.29, 0.717) is 83.4 Å². The second-order valence-electron chi connectivity index (χ2n) is 31.2. The molecule has 7 heterocycles. The number of rotatable bonds is 53. The maximum atomic E-state index is 14.4. The number of carboxylic acids is 2. The third-order valence-corrected chi connectivity index (χ3v) is 25.4. The number of fused-ring (bicyclic) bond motifs is 3. The van der Waals surface area contributed by atoms with Gasteiger partial charge in [0.1, 0.15) is 30.0 Å². The van der Waals surface area contributed by atoms with Gasteiger partial charge in [-0.2, -0.15) is 4.98 Å². The standard InChI is InChI=1S/C85H109N15O24S3/c1-50-35-57-45-91-64-41-68(67(116-6)39-61(64)78(109)99(57)46-50)122-25-8-24-121-66-40-62(86)60(37-52(66)3)77(108)100-47-51(2)36-65(100)80-98(22-27-123-80)84(115)124-49-85(4,5)127-126-34-18-71(104)89-20-19-88-70(103)17-26-118-29-31-120-33-32-119-30-28-117-23-7-9-58(101)16-21-97-72(105)42-69(79(97)110)125-48-54(81(111)112)38-59(102)14-15-63(82(113)114)94-75(106)53-10-12-55(13-11-53)90-43-56-44-92-74-73(93-56)76(107)96-83(87)95-74/h10-13,37,39-41,44-45,54,57,63,65,69,80,90H,1-2,7-9,14-36,38,42-43,46-49,86H2,3-6H3,(H,88,103)(H,89,104)(H,94,106)(H,111,112)(H,113,114)(H3,87,92,95,96,107)/t54-,57-,63-,65-,69?,80?/m0/s1. The molecule has 4 fully saturated rings. The number of hydrogen-bond acceptors (Lipinski definition) is 32. The highest BCUT2D eigenvalue weighted by atomic mass is 33.1. The Morgan fingerprint density at radius 3 is 2.15 bits per heavy atom. The Kier molecular flexibility index (Phi) is 37.0. The lowest BCUT2D eigenvalue weighted by Gasteiger charge is -2.34. The van der Waals surface area contributed by atoms with E-state index in [9.17, 15) is 72.5 Å². The van der Waals surface area contributed by atoms with Crippen LogP contribution in [-0.4, -0.2) is 298 Å². The largest absolute Gasteiger partial charge is 0.493 e. The zero-order chi connectivity index (χ0) is 91.3. The van der Waals surface area contributed by atoms with E-state index in [0.717, 1.165) is 27.8 Å². The number of methoxy groups -OCH3 is 1. The minimum Gasteiger partial charge on any atom is -0.493 e. The van der Waals surface area contributed by atoms with E-state index >= 15 is 0 Å². The number of aryl methyl sites for hydroxylation is 1. The number of imide groups is 1. The van der Waals surface area contributed by atoms with Crippen LogP contribution in [0.15, 0.2) is 88.8 Å². The molecular weight excluding hydrogens is 1710 g/mol. The van der Waals surface area contributed by atoms with E-state index in [1.54, 1.807) is 52.4 Å². The number of nitrogens with one attached hydrogen (secondary N) is 5.